The molecule has 0 heteroatoms. The van der Waals surface area contributed by atoms with Crippen molar-refractivity contribution in [3.63, 3.8) is 0 Å². The topological polar surface area (TPSA) is 0 Å². The van der Waals surface area contributed by atoms with Crippen LogP contribution in [0.4, 0.5) is 0 Å². The third-order valence-electron chi connectivity index (χ3n) is 10.5. The summed E-state index contributed by atoms with van der Waals surface area (Å²) >= 11 is 0. The van der Waals surface area contributed by atoms with Crippen LogP contribution in [0.1, 0.15) is 5.56 Å². The third kappa shape index (κ3) is 4.31. The fourth-order valence-electron chi connectivity index (χ4n) is 8.26. The molecule has 0 nitrogen and oxygen atoms in total. The van der Waals surface area contributed by atoms with Gasteiger partial charge in [0, 0.05) is 0 Å². The van der Waals surface area contributed by atoms with Gasteiger partial charge in [-0.3, -0.25) is 0 Å². The van der Waals surface area contributed by atoms with Crippen LogP contribution in [-0.2, 0) is 0 Å². The van der Waals surface area contributed by atoms with Crippen LogP contribution in [0.2, 0.25) is 0 Å². The molecule has 0 atom stereocenters. The van der Waals surface area contributed by atoms with Gasteiger partial charge in [-0.2, -0.15) is 0 Å². The molecular formula is C49H32. The molecule has 0 radical (unpaired) electrons. The minimum atomic E-state index is 1.23. The maximum atomic E-state index is 2.38. The largest absolute Gasteiger partial charge is 0.0616 e. The molecule has 10 aromatic carbocycles. The molecule has 0 saturated heterocycles. The van der Waals surface area contributed by atoms with Gasteiger partial charge in [-0.15, -0.1) is 0 Å². The first-order chi connectivity index (χ1) is 24.2. The Bertz CT molecular complexity index is 2930. The van der Waals surface area contributed by atoms with E-state index in [0.717, 1.165) is 0 Å². The van der Waals surface area contributed by atoms with Crippen LogP contribution < -0.4 is 0 Å². The third-order valence-corrected chi connectivity index (χ3v) is 10.5. The van der Waals surface area contributed by atoms with Crippen LogP contribution in [0.25, 0.3) is 98.0 Å². The maximum absolute atomic E-state index is 2.38. The smallest absolute Gasteiger partial charge is 0.00201 e. The monoisotopic (exact) mass is 620 g/mol. The number of aryl methyl sites for hydroxylation is 1. The Morgan fingerprint density at radius 1 is 0.265 bits per heavy atom. The SMILES string of the molecule is Cc1ccc2c(-c3cccc4c3ccc3ccccc34)c3ccccc3c(-c3ccc(-c4cc5ccccc5c5ccccc45)cc3)c2c1. The molecule has 0 aromatic heterocycles. The molecule has 228 valence electrons. The van der Waals surface area contributed by atoms with Crippen molar-refractivity contribution < 1.29 is 0 Å². The van der Waals surface area contributed by atoms with Crippen LogP contribution in [0.3, 0.4) is 0 Å². The molecule has 0 saturated carbocycles. The van der Waals surface area contributed by atoms with Crippen molar-refractivity contribution in [1.29, 1.82) is 0 Å². The molecule has 0 aliphatic rings. The highest BCUT2D eigenvalue weighted by Crippen LogP contribution is 2.46. The van der Waals surface area contributed by atoms with E-state index in [2.05, 4.69) is 183 Å². The summed E-state index contributed by atoms with van der Waals surface area (Å²) in [4.78, 5) is 0. The molecule has 0 spiro atoms. The minimum absolute atomic E-state index is 1.23. The summed E-state index contributed by atoms with van der Waals surface area (Å²) in [7, 11) is 0. The van der Waals surface area contributed by atoms with E-state index in [1.54, 1.807) is 0 Å². The van der Waals surface area contributed by atoms with E-state index in [-0.39, 0.29) is 0 Å². The number of fused-ring (bicyclic) bond motifs is 8. The summed E-state index contributed by atoms with van der Waals surface area (Å²) in [6, 6.07) is 65.2. The first kappa shape index (κ1) is 27.8. The Labute approximate surface area is 285 Å². The quantitative estimate of drug-likeness (QED) is 0.136. The second-order valence-electron chi connectivity index (χ2n) is 13.3. The predicted molar refractivity (Wildman–Crippen MR) is 213 cm³/mol. The summed E-state index contributed by atoms with van der Waals surface area (Å²) in [5.74, 6) is 0. The highest BCUT2D eigenvalue weighted by atomic mass is 14.2. The standard InChI is InChI=1S/C49H32/c1-31-21-27-45-47(29-31)48(34-24-22-33(23-25-34)46-30-35-12-3-5-14-37(35)38-15-6-7-16-40(38)46)43-17-8-9-18-44(43)49(45)42-20-10-19-39-36-13-4-2-11-32(36)26-28-41(39)42/h2-30H,1H3. The molecule has 10 aromatic rings. The van der Waals surface area contributed by atoms with Gasteiger partial charge in [0.15, 0.2) is 0 Å². The molecule has 0 bridgehead atoms. The van der Waals surface area contributed by atoms with Gasteiger partial charge in [0.1, 0.15) is 0 Å². The van der Waals surface area contributed by atoms with Crippen molar-refractivity contribution in [2.24, 2.45) is 0 Å². The van der Waals surface area contributed by atoms with E-state index in [4.69, 9.17) is 0 Å². The van der Waals surface area contributed by atoms with Gasteiger partial charge in [-0.25, -0.2) is 0 Å². The summed E-state index contributed by atoms with van der Waals surface area (Å²) in [5, 5.41) is 15.4. The molecule has 0 aliphatic heterocycles. The maximum Gasteiger partial charge on any atom is -0.00201 e. The molecule has 0 fully saturated rings. The predicted octanol–water partition coefficient (Wildman–Crippen LogP) is 13.9. The Hall–Kier alpha value is -6.24. The second kappa shape index (κ2) is 10.9. The van der Waals surface area contributed by atoms with Crippen LogP contribution in [0.5, 0.6) is 0 Å². The van der Waals surface area contributed by atoms with Crippen molar-refractivity contribution in [3.05, 3.63) is 181 Å². The average Bonchev–Trinajstić information content (AvgIpc) is 3.16. The Balaban J connectivity index is 1.22. The summed E-state index contributed by atoms with van der Waals surface area (Å²) < 4.78 is 0. The first-order valence-corrected chi connectivity index (χ1v) is 17.1. The van der Waals surface area contributed by atoms with Crippen LogP contribution in [0.15, 0.2) is 176 Å². The summed E-state index contributed by atoms with van der Waals surface area (Å²) in [6.07, 6.45) is 0. The van der Waals surface area contributed by atoms with Gasteiger partial charge in [-0.05, 0) is 111 Å². The Kier molecular flexibility index (Phi) is 6.19. The van der Waals surface area contributed by atoms with Crippen molar-refractivity contribution in [2.45, 2.75) is 6.92 Å². The number of rotatable bonds is 3. The van der Waals surface area contributed by atoms with Gasteiger partial charge in [0.25, 0.3) is 0 Å². The van der Waals surface area contributed by atoms with Crippen molar-refractivity contribution >= 4 is 64.6 Å². The minimum Gasteiger partial charge on any atom is -0.0616 e. The van der Waals surface area contributed by atoms with Crippen LogP contribution in [-0.4, -0.2) is 0 Å². The second-order valence-corrected chi connectivity index (χ2v) is 13.3. The van der Waals surface area contributed by atoms with Crippen molar-refractivity contribution in [3.8, 4) is 33.4 Å². The lowest BCUT2D eigenvalue weighted by atomic mass is 9.83. The van der Waals surface area contributed by atoms with Crippen LogP contribution >= 0.6 is 0 Å². The van der Waals surface area contributed by atoms with E-state index < -0.39 is 0 Å². The Morgan fingerprint density at radius 3 is 1.53 bits per heavy atom. The lowest BCUT2D eigenvalue weighted by molar-refractivity contribution is 1.51. The molecule has 0 N–H and O–H groups in total. The fraction of sp³-hybridized carbons (Fsp3) is 0.0204. The Morgan fingerprint density at radius 2 is 0.776 bits per heavy atom. The molecule has 10 rings (SSSR count). The molecule has 0 heterocycles. The van der Waals surface area contributed by atoms with Gasteiger partial charge in [0.05, 0.1) is 0 Å². The number of benzene rings is 10. The highest BCUT2D eigenvalue weighted by Gasteiger charge is 2.19. The van der Waals surface area contributed by atoms with Crippen molar-refractivity contribution in [1.82, 2.24) is 0 Å². The zero-order chi connectivity index (χ0) is 32.5. The molecule has 49 heavy (non-hydrogen) atoms. The molecular weight excluding hydrogens is 589 g/mol. The van der Waals surface area contributed by atoms with E-state index in [0.29, 0.717) is 0 Å². The van der Waals surface area contributed by atoms with E-state index >= 15 is 0 Å². The molecule has 0 amide bonds. The van der Waals surface area contributed by atoms with Gasteiger partial charge >= 0.3 is 0 Å². The van der Waals surface area contributed by atoms with Crippen LogP contribution in [0, 0.1) is 6.92 Å². The lowest BCUT2D eigenvalue weighted by Crippen LogP contribution is -1.93. The van der Waals surface area contributed by atoms with Crippen molar-refractivity contribution in [2.75, 3.05) is 0 Å². The molecule has 0 aliphatic carbocycles. The van der Waals surface area contributed by atoms with Gasteiger partial charge in [-0.1, -0.05) is 175 Å². The number of hydrogen-bond acceptors (Lipinski definition) is 0. The highest BCUT2D eigenvalue weighted by molar-refractivity contribution is 6.25. The van der Waals surface area contributed by atoms with Gasteiger partial charge < -0.3 is 0 Å². The van der Waals surface area contributed by atoms with E-state index in [1.807, 2.05) is 0 Å². The zero-order valence-corrected chi connectivity index (χ0v) is 27.2. The lowest BCUT2D eigenvalue weighted by Gasteiger charge is -2.20. The van der Waals surface area contributed by atoms with E-state index in [1.165, 1.54) is 104 Å². The van der Waals surface area contributed by atoms with E-state index in [9.17, 15) is 0 Å². The zero-order valence-electron chi connectivity index (χ0n) is 27.2. The summed E-state index contributed by atoms with van der Waals surface area (Å²) in [6.45, 7) is 2.20. The first-order valence-electron chi connectivity index (χ1n) is 17.1. The molecule has 0 unspecified atom stereocenters. The number of hydrogen-bond donors (Lipinski definition) is 0. The summed E-state index contributed by atoms with van der Waals surface area (Å²) in [5.41, 5.74) is 8.86. The average molecular weight is 621 g/mol. The fourth-order valence-corrected chi connectivity index (χ4v) is 8.26. The normalized spacial score (nSPS) is 11.8. The van der Waals surface area contributed by atoms with Gasteiger partial charge in [0.2, 0.25) is 0 Å².